The third kappa shape index (κ3) is 8.30. The molecule has 0 aliphatic heterocycles. The monoisotopic (exact) mass is 359 g/mol. The van der Waals surface area contributed by atoms with E-state index in [2.05, 4.69) is 25.1 Å². The summed E-state index contributed by atoms with van der Waals surface area (Å²) in [5.74, 6) is 0.130. The Kier molecular flexibility index (Phi) is 9.23. The number of guanidine groups is 1. The first kappa shape index (κ1) is 20.6. The van der Waals surface area contributed by atoms with Gasteiger partial charge >= 0.3 is 12.6 Å². The molecule has 3 N–H and O–H groups in total. The zero-order valence-corrected chi connectivity index (χ0v) is 14.2. The van der Waals surface area contributed by atoms with Gasteiger partial charge in [-0.3, -0.25) is 9.79 Å². The van der Waals surface area contributed by atoms with Crippen LogP contribution < -0.4 is 15.4 Å². The summed E-state index contributed by atoms with van der Waals surface area (Å²) in [6, 6.07) is 5.70. The first-order valence-electron chi connectivity index (χ1n) is 7.78. The molecule has 0 aromatic heterocycles. The minimum absolute atomic E-state index is 0.0206. The maximum atomic E-state index is 12.1. The van der Waals surface area contributed by atoms with Crippen LogP contribution >= 0.6 is 0 Å². The Bertz CT molecular complexity index is 553. The van der Waals surface area contributed by atoms with Gasteiger partial charge in [-0.15, -0.1) is 0 Å². The second kappa shape index (κ2) is 11.2. The predicted octanol–water partition coefficient (Wildman–Crippen LogP) is 1.44. The van der Waals surface area contributed by atoms with Crippen molar-refractivity contribution in [1.29, 1.82) is 0 Å². The molecule has 9 heteroatoms. The van der Waals surface area contributed by atoms with Gasteiger partial charge in [-0.25, -0.2) is 0 Å². The predicted molar refractivity (Wildman–Crippen MR) is 88.6 cm³/mol. The van der Waals surface area contributed by atoms with Crippen molar-refractivity contribution in [3.63, 3.8) is 0 Å². The SMILES string of the molecule is CCNC(=NCC(O)c1ccc(OC(F)F)cc1)NCCC(=O)OC. The van der Waals surface area contributed by atoms with Crippen molar-refractivity contribution in [3.8, 4) is 5.75 Å². The van der Waals surface area contributed by atoms with E-state index < -0.39 is 12.7 Å². The molecule has 0 bridgehead atoms. The lowest BCUT2D eigenvalue weighted by molar-refractivity contribution is -0.140. The summed E-state index contributed by atoms with van der Waals surface area (Å²) in [4.78, 5) is 15.3. The van der Waals surface area contributed by atoms with Crippen molar-refractivity contribution < 1.29 is 28.2 Å². The molecule has 140 valence electrons. The van der Waals surface area contributed by atoms with E-state index in [4.69, 9.17) is 0 Å². The van der Waals surface area contributed by atoms with Crippen LogP contribution in [-0.2, 0) is 9.53 Å². The van der Waals surface area contributed by atoms with Crippen LogP contribution in [0.15, 0.2) is 29.3 Å². The quantitative estimate of drug-likeness (QED) is 0.351. The van der Waals surface area contributed by atoms with E-state index in [9.17, 15) is 18.7 Å². The van der Waals surface area contributed by atoms with Gasteiger partial charge in [0.1, 0.15) is 5.75 Å². The van der Waals surface area contributed by atoms with Gasteiger partial charge < -0.3 is 25.2 Å². The molecule has 0 aliphatic carbocycles. The fourth-order valence-corrected chi connectivity index (χ4v) is 1.88. The highest BCUT2D eigenvalue weighted by Crippen LogP contribution is 2.19. The molecule has 7 nitrogen and oxygen atoms in total. The first-order chi connectivity index (χ1) is 12.0. The van der Waals surface area contributed by atoms with Gasteiger partial charge in [-0.2, -0.15) is 8.78 Å². The number of hydrogen-bond donors (Lipinski definition) is 3. The number of halogens is 2. The van der Waals surface area contributed by atoms with Crippen molar-refractivity contribution in [2.75, 3.05) is 26.7 Å². The molecule has 0 amide bonds. The first-order valence-corrected chi connectivity index (χ1v) is 7.78. The summed E-state index contributed by atoms with van der Waals surface area (Å²) in [6.45, 7) is 0.00549. The van der Waals surface area contributed by atoms with E-state index in [1.165, 1.54) is 31.4 Å². The number of aliphatic imine (C=N–C) groups is 1. The van der Waals surface area contributed by atoms with E-state index in [0.717, 1.165) is 0 Å². The molecule has 0 saturated heterocycles. The summed E-state index contributed by atoms with van der Waals surface area (Å²) in [5.41, 5.74) is 0.524. The van der Waals surface area contributed by atoms with Crippen molar-refractivity contribution in [3.05, 3.63) is 29.8 Å². The average molecular weight is 359 g/mol. The topological polar surface area (TPSA) is 92.2 Å². The van der Waals surface area contributed by atoms with Crippen LogP contribution in [0.2, 0.25) is 0 Å². The van der Waals surface area contributed by atoms with Crippen LogP contribution in [-0.4, -0.2) is 50.4 Å². The van der Waals surface area contributed by atoms with Gasteiger partial charge in [-0.05, 0) is 24.6 Å². The summed E-state index contributed by atoms with van der Waals surface area (Å²) >= 11 is 0. The molecule has 0 radical (unpaired) electrons. The highest BCUT2D eigenvalue weighted by Gasteiger charge is 2.10. The molecule has 0 fully saturated rings. The minimum Gasteiger partial charge on any atom is -0.469 e. The summed E-state index contributed by atoms with van der Waals surface area (Å²) in [7, 11) is 1.32. The third-order valence-electron chi connectivity index (χ3n) is 3.11. The number of aliphatic hydroxyl groups is 1. The number of nitrogens with one attached hydrogen (secondary N) is 2. The average Bonchev–Trinajstić information content (AvgIpc) is 2.59. The Morgan fingerprint density at radius 2 is 1.96 bits per heavy atom. The van der Waals surface area contributed by atoms with Gasteiger partial charge in [0.25, 0.3) is 0 Å². The molecule has 0 heterocycles. The zero-order chi connectivity index (χ0) is 18.7. The molecule has 0 saturated carbocycles. The number of carbonyl (C=O) groups excluding carboxylic acids is 1. The second-order valence-corrected chi connectivity index (χ2v) is 4.94. The number of carbonyl (C=O) groups is 1. The van der Waals surface area contributed by atoms with Crippen molar-refractivity contribution >= 4 is 11.9 Å². The molecule has 1 unspecified atom stereocenters. The molecule has 1 aromatic rings. The summed E-state index contributed by atoms with van der Waals surface area (Å²) in [5, 5.41) is 16.1. The second-order valence-electron chi connectivity index (χ2n) is 4.94. The number of nitrogens with zero attached hydrogens (tertiary/aromatic N) is 1. The number of esters is 1. The Morgan fingerprint density at radius 3 is 2.52 bits per heavy atom. The van der Waals surface area contributed by atoms with Crippen molar-refractivity contribution in [2.24, 2.45) is 4.99 Å². The Morgan fingerprint density at radius 1 is 1.28 bits per heavy atom. The Labute approximate surface area is 145 Å². The number of hydrogen-bond acceptors (Lipinski definition) is 5. The van der Waals surface area contributed by atoms with Crippen LogP contribution in [0.3, 0.4) is 0 Å². The summed E-state index contributed by atoms with van der Waals surface area (Å²) in [6.07, 6.45) is -0.716. The third-order valence-corrected chi connectivity index (χ3v) is 3.11. The van der Waals surface area contributed by atoms with Crippen molar-refractivity contribution in [2.45, 2.75) is 26.1 Å². The lowest BCUT2D eigenvalue weighted by Gasteiger charge is -2.13. The number of ether oxygens (including phenoxy) is 2. The minimum atomic E-state index is -2.89. The molecule has 0 aliphatic rings. The highest BCUT2D eigenvalue weighted by molar-refractivity contribution is 5.80. The maximum Gasteiger partial charge on any atom is 0.387 e. The highest BCUT2D eigenvalue weighted by atomic mass is 19.3. The Balaban J connectivity index is 2.57. The number of rotatable bonds is 9. The van der Waals surface area contributed by atoms with Crippen LogP contribution in [0.5, 0.6) is 5.75 Å². The molecule has 25 heavy (non-hydrogen) atoms. The molecular weight excluding hydrogens is 336 g/mol. The zero-order valence-electron chi connectivity index (χ0n) is 14.2. The van der Waals surface area contributed by atoms with Gasteiger partial charge in [-0.1, -0.05) is 12.1 Å². The standard InChI is InChI=1S/C16H23F2N3O4/c1-3-19-16(20-9-8-14(23)24-2)21-10-13(22)11-4-6-12(7-5-11)25-15(17)18/h4-7,13,15,22H,3,8-10H2,1-2H3,(H2,19,20,21). The molecule has 0 spiro atoms. The van der Waals surface area contributed by atoms with E-state index in [-0.39, 0.29) is 24.7 Å². The van der Waals surface area contributed by atoms with E-state index in [1.54, 1.807) is 0 Å². The van der Waals surface area contributed by atoms with Crippen LogP contribution in [0.4, 0.5) is 8.78 Å². The van der Waals surface area contributed by atoms with Gasteiger partial charge in [0.05, 0.1) is 26.2 Å². The van der Waals surface area contributed by atoms with Gasteiger partial charge in [0, 0.05) is 13.1 Å². The number of alkyl halides is 2. The van der Waals surface area contributed by atoms with Gasteiger partial charge in [0.15, 0.2) is 5.96 Å². The van der Waals surface area contributed by atoms with Gasteiger partial charge in [0.2, 0.25) is 0 Å². The molecular formula is C16H23F2N3O4. The molecule has 1 atom stereocenters. The van der Waals surface area contributed by atoms with E-state index in [0.29, 0.717) is 24.6 Å². The lowest BCUT2D eigenvalue weighted by atomic mass is 10.1. The maximum absolute atomic E-state index is 12.1. The smallest absolute Gasteiger partial charge is 0.387 e. The van der Waals surface area contributed by atoms with Crippen LogP contribution in [0.25, 0.3) is 0 Å². The number of aliphatic hydroxyl groups excluding tert-OH is 1. The fourth-order valence-electron chi connectivity index (χ4n) is 1.88. The molecule has 1 aromatic carbocycles. The lowest BCUT2D eigenvalue weighted by Crippen LogP contribution is -2.38. The molecule has 1 rings (SSSR count). The van der Waals surface area contributed by atoms with Crippen LogP contribution in [0, 0.1) is 0 Å². The number of methoxy groups -OCH3 is 1. The summed E-state index contributed by atoms with van der Waals surface area (Å²) < 4.78 is 33.0. The normalized spacial score (nSPS) is 12.6. The van der Waals surface area contributed by atoms with E-state index in [1.807, 2.05) is 6.92 Å². The largest absolute Gasteiger partial charge is 0.469 e. The van der Waals surface area contributed by atoms with Crippen molar-refractivity contribution in [1.82, 2.24) is 10.6 Å². The Hall–Kier alpha value is -2.42. The number of benzene rings is 1. The fraction of sp³-hybridized carbons (Fsp3) is 0.500. The van der Waals surface area contributed by atoms with Crippen LogP contribution in [0.1, 0.15) is 25.0 Å². The van der Waals surface area contributed by atoms with E-state index >= 15 is 0 Å².